The lowest BCUT2D eigenvalue weighted by molar-refractivity contribution is 0.162. The highest BCUT2D eigenvalue weighted by molar-refractivity contribution is 8.00. The van der Waals surface area contributed by atoms with Gasteiger partial charge in [-0.2, -0.15) is 11.8 Å². The third-order valence-corrected chi connectivity index (χ3v) is 6.30. The summed E-state index contributed by atoms with van der Waals surface area (Å²) in [6.45, 7) is 7.39. The summed E-state index contributed by atoms with van der Waals surface area (Å²) in [5.41, 5.74) is 0. The Balaban J connectivity index is 1.83. The Morgan fingerprint density at radius 2 is 2.00 bits per heavy atom. The standard InChI is InChI=1S/C16H32N2S/c1-3-11-17-15-8-7-12-18(13-15)14-16(19-2)9-5-4-6-10-16/h15,17H,3-14H2,1-2H3. The van der Waals surface area contributed by atoms with Gasteiger partial charge in [0.2, 0.25) is 0 Å². The topological polar surface area (TPSA) is 15.3 Å². The van der Waals surface area contributed by atoms with Crippen LogP contribution in [-0.4, -0.2) is 48.1 Å². The molecule has 0 amide bonds. The highest BCUT2D eigenvalue weighted by Gasteiger charge is 2.34. The molecule has 0 radical (unpaired) electrons. The zero-order valence-corrected chi connectivity index (χ0v) is 13.7. The van der Waals surface area contributed by atoms with E-state index in [0.29, 0.717) is 4.75 Å². The maximum absolute atomic E-state index is 3.72. The van der Waals surface area contributed by atoms with Crippen molar-refractivity contribution >= 4 is 11.8 Å². The van der Waals surface area contributed by atoms with Crippen LogP contribution in [0.4, 0.5) is 0 Å². The van der Waals surface area contributed by atoms with Crippen LogP contribution in [0, 0.1) is 0 Å². The van der Waals surface area contributed by atoms with Crippen molar-refractivity contribution in [2.24, 2.45) is 0 Å². The van der Waals surface area contributed by atoms with Crippen LogP contribution < -0.4 is 5.32 Å². The molecule has 0 aromatic heterocycles. The average Bonchev–Trinajstić information content (AvgIpc) is 2.46. The second-order valence-electron chi connectivity index (χ2n) is 6.48. The number of thioether (sulfide) groups is 1. The lowest BCUT2D eigenvalue weighted by atomic mass is 9.87. The Bertz CT molecular complexity index is 251. The van der Waals surface area contributed by atoms with Gasteiger partial charge in [-0.1, -0.05) is 26.2 Å². The van der Waals surface area contributed by atoms with Crippen LogP contribution in [0.15, 0.2) is 0 Å². The number of rotatable bonds is 6. The minimum Gasteiger partial charge on any atom is -0.313 e. The molecule has 2 aliphatic rings. The lowest BCUT2D eigenvalue weighted by Crippen LogP contribution is -2.50. The number of likely N-dealkylation sites (tertiary alicyclic amines) is 1. The highest BCUT2D eigenvalue weighted by atomic mass is 32.2. The molecule has 1 aliphatic heterocycles. The second-order valence-corrected chi connectivity index (χ2v) is 7.75. The molecule has 1 saturated carbocycles. The van der Waals surface area contributed by atoms with Crippen LogP contribution in [0.25, 0.3) is 0 Å². The van der Waals surface area contributed by atoms with Crippen molar-refractivity contribution < 1.29 is 0 Å². The van der Waals surface area contributed by atoms with Crippen molar-refractivity contribution in [2.75, 3.05) is 32.4 Å². The predicted molar refractivity (Wildman–Crippen MR) is 87.1 cm³/mol. The number of hydrogen-bond acceptors (Lipinski definition) is 3. The van der Waals surface area contributed by atoms with E-state index in [1.165, 1.54) is 77.5 Å². The summed E-state index contributed by atoms with van der Waals surface area (Å²) in [7, 11) is 0. The van der Waals surface area contributed by atoms with Crippen LogP contribution in [0.3, 0.4) is 0 Å². The van der Waals surface area contributed by atoms with Crippen molar-refractivity contribution in [1.82, 2.24) is 10.2 Å². The summed E-state index contributed by atoms with van der Waals surface area (Å²) in [5.74, 6) is 0. The monoisotopic (exact) mass is 284 g/mol. The molecular weight excluding hydrogens is 252 g/mol. The molecule has 1 N–H and O–H groups in total. The molecule has 0 bridgehead atoms. The van der Waals surface area contributed by atoms with Crippen LogP contribution in [0.2, 0.25) is 0 Å². The van der Waals surface area contributed by atoms with Gasteiger partial charge in [0.05, 0.1) is 0 Å². The van der Waals surface area contributed by atoms with E-state index in [2.05, 4.69) is 35.2 Å². The van der Waals surface area contributed by atoms with Gasteiger partial charge in [0.1, 0.15) is 0 Å². The van der Waals surface area contributed by atoms with Crippen LogP contribution in [0.5, 0.6) is 0 Å². The molecule has 1 unspecified atom stereocenters. The summed E-state index contributed by atoms with van der Waals surface area (Å²) in [4.78, 5) is 2.75. The van der Waals surface area contributed by atoms with Crippen molar-refractivity contribution in [3.05, 3.63) is 0 Å². The van der Waals surface area contributed by atoms with Gasteiger partial charge in [0, 0.05) is 23.9 Å². The third kappa shape index (κ3) is 4.64. The number of nitrogens with one attached hydrogen (secondary N) is 1. The van der Waals surface area contributed by atoms with E-state index in [9.17, 15) is 0 Å². The van der Waals surface area contributed by atoms with Crippen LogP contribution >= 0.6 is 11.8 Å². The van der Waals surface area contributed by atoms with E-state index in [-0.39, 0.29) is 0 Å². The maximum Gasteiger partial charge on any atom is 0.0284 e. The van der Waals surface area contributed by atoms with Gasteiger partial charge >= 0.3 is 0 Å². The molecule has 19 heavy (non-hydrogen) atoms. The van der Waals surface area contributed by atoms with E-state index in [1.54, 1.807) is 0 Å². The van der Waals surface area contributed by atoms with E-state index >= 15 is 0 Å². The van der Waals surface area contributed by atoms with Gasteiger partial charge in [-0.05, 0) is 51.4 Å². The molecule has 112 valence electrons. The van der Waals surface area contributed by atoms with Gasteiger partial charge in [-0.3, -0.25) is 0 Å². The Hall–Kier alpha value is 0.270. The zero-order valence-electron chi connectivity index (χ0n) is 12.9. The first-order valence-corrected chi connectivity index (χ1v) is 9.51. The van der Waals surface area contributed by atoms with Gasteiger partial charge in [0.25, 0.3) is 0 Å². The largest absolute Gasteiger partial charge is 0.313 e. The van der Waals surface area contributed by atoms with Gasteiger partial charge in [-0.25, -0.2) is 0 Å². The van der Waals surface area contributed by atoms with Gasteiger partial charge in [-0.15, -0.1) is 0 Å². The van der Waals surface area contributed by atoms with Crippen molar-refractivity contribution in [1.29, 1.82) is 0 Å². The van der Waals surface area contributed by atoms with E-state index in [4.69, 9.17) is 0 Å². The maximum atomic E-state index is 3.72. The Morgan fingerprint density at radius 1 is 1.21 bits per heavy atom. The van der Waals surface area contributed by atoms with Gasteiger partial charge < -0.3 is 10.2 Å². The summed E-state index contributed by atoms with van der Waals surface area (Å²) >= 11 is 2.14. The molecule has 0 aromatic rings. The number of hydrogen-bond donors (Lipinski definition) is 1. The van der Waals surface area contributed by atoms with Crippen molar-refractivity contribution in [3.63, 3.8) is 0 Å². The molecule has 1 aliphatic carbocycles. The fourth-order valence-electron chi connectivity index (χ4n) is 3.74. The Kier molecular flexibility index (Phi) is 6.51. The smallest absolute Gasteiger partial charge is 0.0284 e. The molecule has 1 atom stereocenters. The molecule has 2 rings (SSSR count). The zero-order chi connectivity index (χ0) is 13.6. The minimum atomic E-state index is 0.574. The lowest BCUT2D eigenvalue weighted by Gasteiger charge is -2.42. The molecule has 2 fully saturated rings. The quantitative estimate of drug-likeness (QED) is 0.803. The summed E-state index contributed by atoms with van der Waals surface area (Å²) in [6.07, 6.45) is 13.6. The van der Waals surface area contributed by atoms with E-state index < -0.39 is 0 Å². The molecule has 0 aromatic carbocycles. The summed E-state index contributed by atoms with van der Waals surface area (Å²) in [6, 6.07) is 0.746. The van der Waals surface area contributed by atoms with Gasteiger partial charge in [0.15, 0.2) is 0 Å². The van der Waals surface area contributed by atoms with Crippen molar-refractivity contribution in [3.8, 4) is 0 Å². The molecule has 1 saturated heterocycles. The van der Waals surface area contributed by atoms with E-state index in [1.807, 2.05) is 0 Å². The number of nitrogens with zero attached hydrogens (tertiary/aromatic N) is 1. The Morgan fingerprint density at radius 3 is 2.68 bits per heavy atom. The first kappa shape index (κ1) is 15.7. The SMILES string of the molecule is CCCNC1CCCN(CC2(SC)CCCCC2)C1. The van der Waals surface area contributed by atoms with Crippen molar-refractivity contribution in [2.45, 2.75) is 69.1 Å². The fraction of sp³-hybridized carbons (Fsp3) is 1.00. The predicted octanol–water partition coefficient (Wildman–Crippen LogP) is 3.52. The number of piperidine rings is 1. The minimum absolute atomic E-state index is 0.574. The molecule has 1 heterocycles. The molecular formula is C16H32N2S. The Labute approximate surface area is 124 Å². The first-order chi connectivity index (χ1) is 9.28. The van der Waals surface area contributed by atoms with E-state index in [0.717, 1.165) is 6.04 Å². The molecule has 3 heteroatoms. The average molecular weight is 285 g/mol. The molecule has 2 nitrogen and oxygen atoms in total. The highest BCUT2D eigenvalue weighted by Crippen LogP contribution is 2.39. The third-order valence-electron chi connectivity index (χ3n) is 4.90. The summed E-state index contributed by atoms with van der Waals surface area (Å²) < 4.78 is 0.574. The normalized spacial score (nSPS) is 28.4. The fourth-order valence-corrected chi connectivity index (χ4v) is 4.75. The first-order valence-electron chi connectivity index (χ1n) is 8.29. The van der Waals surface area contributed by atoms with Crippen LogP contribution in [0.1, 0.15) is 58.3 Å². The molecule has 0 spiro atoms. The summed E-state index contributed by atoms with van der Waals surface area (Å²) in [5, 5.41) is 3.72. The second kappa shape index (κ2) is 7.90. The van der Waals surface area contributed by atoms with Crippen LogP contribution in [-0.2, 0) is 0 Å².